The van der Waals surface area contributed by atoms with Crippen molar-refractivity contribution >= 4 is 50.5 Å². The molecule has 6 nitrogen and oxygen atoms in total. The number of hydrogen-bond donors (Lipinski definition) is 2. The Morgan fingerprint density at radius 1 is 1.15 bits per heavy atom. The van der Waals surface area contributed by atoms with Crippen molar-refractivity contribution in [2.45, 2.75) is 0 Å². The molecule has 4 rings (SSSR count). The van der Waals surface area contributed by atoms with Crippen LogP contribution in [0.3, 0.4) is 0 Å². The number of pyridine rings is 1. The number of hydrogen-bond acceptors (Lipinski definition) is 6. The summed E-state index contributed by atoms with van der Waals surface area (Å²) in [5.74, 6) is -0.641. The standard InChI is InChI=1S/C18H11ClN4O2S/c19-11-4-1-3-10(7-11)14-8-13-16(26-14)15(18(24)25)22-23-17(13)21-12-5-2-6-20-9-12/h1-9H,(H,21,23)(H,24,25). The van der Waals surface area contributed by atoms with Gasteiger partial charge in [-0.3, -0.25) is 4.98 Å². The summed E-state index contributed by atoms with van der Waals surface area (Å²) in [6.07, 6.45) is 3.32. The zero-order valence-electron chi connectivity index (χ0n) is 13.2. The molecule has 0 radical (unpaired) electrons. The third-order valence-electron chi connectivity index (χ3n) is 3.69. The SMILES string of the molecule is O=C(O)c1nnc(Nc2cccnc2)c2cc(-c3cccc(Cl)c3)sc12. The molecule has 2 N–H and O–H groups in total. The van der Waals surface area contributed by atoms with Gasteiger partial charge < -0.3 is 10.4 Å². The van der Waals surface area contributed by atoms with Gasteiger partial charge in [-0.25, -0.2) is 4.79 Å². The molecule has 0 aliphatic carbocycles. The van der Waals surface area contributed by atoms with Crippen LogP contribution in [0.2, 0.25) is 5.02 Å². The van der Waals surface area contributed by atoms with Gasteiger partial charge in [-0.15, -0.1) is 21.5 Å². The topological polar surface area (TPSA) is 88.0 Å². The number of benzene rings is 1. The Bertz CT molecular complexity index is 1110. The van der Waals surface area contributed by atoms with Crippen LogP contribution >= 0.6 is 22.9 Å². The fourth-order valence-electron chi connectivity index (χ4n) is 2.53. The Morgan fingerprint density at radius 3 is 2.77 bits per heavy atom. The number of thiophene rings is 1. The van der Waals surface area contributed by atoms with Crippen molar-refractivity contribution in [3.8, 4) is 10.4 Å². The molecular formula is C18H11ClN4O2S. The predicted octanol–water partition coefficient (Wildman–Crippen LogP) is 4.85. The van der Waals surface area contributed by atoms with Crippen LogP contribution in [0.4, 0.5) is 11.5 Å². The molecule has 0 unspecified atom stereocenters. The molecule has 0 atom stereocenters. The zero-order valence-corrected chi connectivity index (χ0v) is 14.8. The fourth-order valence-corrected chi connectivity index (χ4v) is 3.85. The second kappa shape index (κ2) is 6.70. The third kappa shape index (κ3) is 3.10. The van der Waals surface area contributed by atoms with E-state index in [1.54, 1.807) is 24.5 Å². The first kappa shape index (κ1) is 16.4. The fraction of sp³-hybridized carbons (Fsp3) is 0. The summed E-state index contributed by atoms with van der Waals surface area (Å²) in [5.41, 5.74) is 1.57. The van der Waals surface area contributed by atoms with Gasteiger partial charge in [-0.2, -0.15) is 0 Å². The van der Waals surface area contributed by atoms with Crippen molar-refractivity contribution in [1.82, 2.24) is 15.2 Å². The molecule has 0 aliphatic heterocycles. The number of nitrogens with one attached hydrogen (secondary N) is 1. The minimum absolute atomic E-state index is 0.0741. The summed E-state index contributed by atoms with van der Waals surface area (Å²) in [7, 11) is 0. The van der Waals surface area contributed by atoms with Crippen LogP contribution < -0.4 is 5.32 Å². The zero-order chi connectivity index (χ0) is 18.1. The van der Waals surface area contributed by atoms with Crippen LogP contribution in [0.25, 0.3) is 20.5 Å². The number of halogens is 1. The molecule has 3 aromatic heterocycles. The quantitative estimate of drug-likeness (QED) is 0.524. The molecule has 0 bridgehead atoms. The van der Waals surface area contributed by atoms with Crippen LogP contribution in [0.5, 0.6) is 0 Å². The lowest BCUT2D eigenvalue weighted by Crippen LogP contribution is -2.04. The number of nitrogens with zero attached hydrogens (tertiary/aromatic N) is 3. The van der Waals surface area contributed by atoms with Crippen molar-refractivity contribution < 1.29 is 9.90 Å². The van der Waals surface area contributed by atoms with Gasteiger partial charge in [0, 0.05) is 21.5 Å². The molecule has 0 fully saturated rings. The van der Waals surface area contributed by atoms with Gasteiger partial charge in [0.15, 0.2) is 11.5 Å². The van der Waals surface area contributed by atoms with Crippen LogP contribution in [-0.2, 0) is 0 Å². The monoisotopic (exact) mass is 382 g/mol. The minimum atomic E-state index is -1.12. The first-order chi connectivity index (χ1) is 12.6. The number of carboxylic acid groups (broad SMARTS) is 1. The summed E-state index contributed by atoms with van der Waals surface area (Å²) in [6, 6.07) is 12.9. The minimum Gasteiger partial charge on any atom is -0.476 e. The van der Waals surface area contributed by atoms with Crippen molar-refractivity contribution in [2.24, 2.45) is 0 Å². The number of aromatic carboxylic acids is 1. The molecule has 0 saturated carbocycles. The van der Waals surface area contributed by atoms with Crippen molar-refractivity contribution in [1.29, 1.82) is 0 Å². The molecular weight excluding hydrogens is 372 g/mol. The molecule has 0 amide bonds. The van der Waals surface area contributed by atoms with E-state index in [0.717, 1.165) is 16.1 Å². The van der Waals surface area contributed by atoms with E-state index in [9.17, 15) is 9.90 Å². The van der Waals surface area contributed by atoms with Gasteiger partial charge in [0.2, 0.25) is 0 Å². The lowest BCUT2D eigenvalue weighted by atomic mass is 10.1. The second-order valence-electron chi connectivity index (χ2n) is 5.43. The smallest absolute Gasteiger partial charge is 0.357 e. The molecule has 26 heavy (non-hydrogen) atoms. The molecule has 4 aromatic rings. The van der Waals surface area contributed by atoms with Gasteiger partial charge >= 0.3 is 5.97 Å². The van der Waals surface area contributed by atoms with Gasteiger partial charge in [0.25, 0.3) is 0 Å². The average molecular weight is 383 g/mol. The largest absolute Gasteiger partial charge is 0.476 e. The van der Waals surface area contributed by atoms with Gasteiger partial charge in [-0.05, 0) is 35.9 Å². The molecule has 0 saturated heterocycles. The first-order valence-electron chi connectivity index (χ1n) is 7.58. The summed E-state index contributed by atoms with van der Waals surface area (Å²) in [5, 5.41) is 21.8. The van der Waals surface area contributed by atoms with Crippen molar-refractivity contribution in [3.63, 3.8) is 0 Å². The first-order valence-corrected chi connectivity index (χ1v) is 8.78. The maximum Gasteiger partial charge on any atom is 0.357 e. The van der Waals surface area contributed by atoms with E-state index >= 15 is 0 Å². The second-order valence-corrected chi connectivity index (χ2v) is 6.92. The highest BCUT2D eigenvalue weighted by Crippen LogP contribution is 2.38. The highest BCUT2D eigenvalue weighted by molar-refractivity contribution is 7.22. The van der Waals surface area contributed by atoms with E-state index in [2.05, 4.69) is 20.5 Å². The molecule has 3 heterocycles. The molecule has 8 heteroatoms. The van der Waals surface area contributed by atoms with Crippen LogP contribution in [0, 0.1) is 0 Å². The van der Waals surface area contributed by atoms with E-state index in [1.165, 1.54) is 11.3 Å². The van der Waals surface area contributed by atoms with E-state index < -0.39 is 5.97 Å². The maximum absolute atomic E-state index is 11.5. The molecule has 0 aliphatic rings. The predicted molar refractivity (Wildman–Crippen MR) is 102 cm³/mol. The van der Waals surface area contributed by atoms with E-state index in [0.29, 0.717) is 20.9 Å². The number of rotatable bonds is 4. The Labute approximate surface area is 157 Å². The van der Waals surface area contributed by atoms with Gasteiger partial charge in [0.1, 0.15) is 0 Å². The number of carbonyl (C=O) groups is 1. The Kier molecular flexibility index (Phi) is 4.24. The van der Waals surface area contributed by atoms with E-state index in [4.69, 9.17) is 11.6 Å². The summed E-state index contributed by atoms with van der Waals surface area (Å²) in [4.78, 5) is 16.5. The maximum atomic E-state index is 11.5. The Balaban J connectivity index is 1.88. The summed E-state index contributed by atoms with van der Waals surface area (Å²) < 4.78 is 0.550. The third-order valence-corrected chi connectivity index (χ3v) is 5.11. The Hall–Kier alpha value is -3.03. The molecule has 128 valence electrons. The van der Waals surface area contributed by atoms with Gasteiger partial charge in [-0.1, -0.05) is 23.7 Å². The molecule has 0 spiro atoms. The lowest BCUT2D eigenvalue weighted by molar-refractivity contribution is 0.0692. The van der Waals surface area contributed by atoms with Crippen molar-refractivity contribution in [2.75, 3.05) is 5.32 Å². The number of aromatic nitrogens is 3. The van der Waals surface area contributed by atoms with Crippen LogP contribution in [0.15, 0.2) is 54.9 Å². The number of carboxylic acids is 1. The normalized spacial score (nSPS) is 10.8. The summed E-state index contributed by atoms with van der Waals surface area (Å²) >= 11 is 7.42. The average Bonchev–Trinajstić information content (AvgIpc) is 3.08. The van der Waals surface area contributed by atoms with E-state index in [-0.39, 0.29) is 5.69 Å². The van der Waals surface area contributed by atoms with Gasteiger partial charge in [0.05, 0.1) is 16.6 Å². The Morgan fingerprint density at radius 2 is 2.04 bits per heavy atom. The van der Waals surface area contributed by atoms with E-state index in [1.807, 2.05) is 30.3 Å². The van der Waals surface area contributed by atoms with Crippen LogP contribution in [-0.4, -0.2) is 26.3 Å². The van der Waals surface area contributed by atoms with Crippen molar-refractivity contribution in [3.05, 3.63) is 65.6 Å². The summed E-state index contributed by atoms with van der Waals surface area (Å²) in [6.45, 7) is 0. The highest BCUT2D eigenvalue weighted by Gasteiger charge is 2.19. The highest BCUT2D eigenvalue weighted by atomic mass is 35.5. The number of fused-ring (bicyclic) bond motifs is 1. The molecule has 1 aromatic carbocycles. The van der Waals surface area contributed by atoms with Crippen LogP contribution in [0.1, 0.15) is 10.5 Å². The number of anilines is 2. The lowest BCUT2D eigenvalue weighted by Gasteiger charge is -2.06.